The zero-order valence-corrected chi connectivity index (χ0v) is 13.6. The Hall–Kier alpha value is -0.570. The summed E-state index contributed by atoms with van der Waals surface area (Å²) in [4.78, 5) is 1.13. The molecule has 0 aromatic carbocycles. The molecule has 1 fully saturated rings. The molecule has 2 atom stereocenters. The van der Waals surface area contributed by atoms with Gasteiger partial charge in [0, 0.05) is 19.1 Å². The lowest BCUT2D eigenvalue weighted by Gasteiger charge is -2.32. The van der Waals surface area contributed by atoms with E-state index in [1.807, 2.05) is 0 Å². The van der Waals surface area contributed by atoms with Crippen LogP contribution >= 0.6 is 11.5 Å². The summed E-state index contributed by atoms with van der Waals surface area (Å²) >= 11 is 1.41. The second-order valence-corrected chi connectivity index (χ2v) is 8.09. The largest absolute Gasteiger partial charge is 0.309 e. The lowest BCUT2D eigenvalue weighted by atomic mass is 9.92. The van der Waals surface area contributed by atoms with Crippen molar-refractivity contribution in [3.63, 3.8) is 0 Å². The molecule has 114 valence electrons. The van der Waals surface area contributed by atoms with E-state index in [-0.39, 0.29) is 6.04 Å². The van der Waals surface area contributed by atoms with Gasteiger partial charge >= 0.3 is 0 Å². The zero-order chi connectivity index (χ0) is 14.6. The number of nitrogens with one attached hydrogen (secondary N) is 1. The van der Waals surface area contributed by atoms with Crippen LogP contribution in [-0.4, -0.2) is 48.2 Å². The van der Waals surface area contributed by atoms with Crippen LogP contribution in [0.4, 0.5) is 0 Å². The fourth-order valence-electron chi connectivity index (χ4n) is 2.73. The van der Waals surface area contributed by atoms with Gasteiger partial charge in [0.2, 0.25) is 10.0 Å². The first-order valence-electron chi connectivity index (χ1n) is 6.96. The SMILES string of the molecule is CCNC(CC1CCCN(S(C)(=O)=O)C1)c1cnns1. The molecule has 0 aliphatic carbocycles. The molecule has 6 nitrogen and oxygen atoms in total. The van der Waals surface area contributed by atoms with E-state index in [1.54, 1.807) is 10.5 Å². The van der Waals surface area contributed by atoms with Gasteiger partial charge in [0.15, 0.2) is 0 Å². The number of sulfonamides is 1. The summed E-state index contributed by atoms with van der Waals surface area (Å²) in [5, 5.41) is 7.34. The molecule has 1 aliphatic rings. The first-order valence-corrected chi connectivity index (χ1v) is 9.58. The molecule has 1 aromatic heterocycles. The molecule has 2 unspecified atom stereocenters. The second kappa shape index (κ2) is 6.93. The highest BCUT2D eigenvalue weighted by atomic mass is 32.2. The number of rotatable bonds is 6. The fourth-order valence-corrected chi connectivity index (χ4v) is 4.26. The van der Waals surface area contributed by atoms with Crippen molar-refractivity contribution in [2.45, 2.75) is 32.2 Å². The molecule has 1 aromatic rings. The van der Waals surface area contributed by atoms with E-state index in [2.05, 4.69) is 21.8 Å². The van der Waals surface area contributed by atoms with Crippen molar-refractivity contribution in [3.05, 3.63) is 11.1 Å². The Labute approximate surface area is 124 Å². The van der Waals surface area contributed by atoms with Crippen molar-refractivity contribution in [2.24, 2.45) is 5.92 Å². The molecule has 1 aliphatic heterocycles. The van der Waals surface area contributed by atoms with Crippen LogP contribution in [0.15, 0.2) is 6.20 Å². The van der Waals surface area contributed by atoms with E-state index >= 15 is 0 Å². The topological polar surface area (TPSA) is 75.2 Å². The molecule has 20 heavy (non-hydrogen) atoms. The molecular formula is C12H22N4O2S2. The van der Waals surface area contributed by atoms with E-state index in [1.165, 1.54) is 17.8 Å². The Balaban J connectivity index is 2.00. The number of piperidine rings is 1. The Morgan fingerprint density at radius 3 is 3.00 bits per heavy atom. The van der Waals surface area contributed by atoms with Crippen molar-refractivity contribution in [3.8, 4) is 0 Å². The molecule has 0 bridgehead atoms. The van der Waals surface area contributed by atoms with Gasteiger partial charge in [-0.05, 0) is 43.3 Å². The highest BCUT2D eigenvalue weighted by Gasteiger charge is 2.28. The number of aromatic nitrogens is 2. The molecule has 8 heteroatoms. The molecular weight excluding hydrogens is 296 g/mol. The minimum absolute atomic E-state index is 0.226. The quantitative estimate of drug-likeness (QED) is 0.854. The van der Waals surface area contributed by atoms with Gasteiger partial charge in [0.25, 0.3) is 0 Å². The smallest absolute Gasteiger partial charge is 0.211 e. The minimum atomic E-state index is -3.07. The Morgan fingerprint density at radius 1 is 1.60 bits per heavy atom. The van der Waals surface area contributed by atoms with Crippen molar-refractivity contribution in [1.82, 2.24) is 19.2 Å². The van der Waals surface area contributed by atoms with Gasteiger partial charge in [-0.25, -0.2) is 12.7 Å². The van der Waals surface area contributed by atoms with E-state index in [9.17, 15) is 8.42 Å². The van der Waals surface area contributed by atoms with E-state index in [4.69, 9.17) is 0 Å². The van der Waals surface area contributed by atoms with E-state index in [0.717, 1.165) is 30.7 Å². The number of nitrogens with zero attached hydrogens (tertiary/aromatic N) is 3. The summed E-state index contributed by atoms with van der Waals surface area (Å²) in [6.07, 6.45) is 6.06. The average molecular weight is 318 g/mol. The molecule has 2 heterocycles. The maximum absolute atomic E-state index is 11.7. The van der Waals surface area contributed by atoms with Gasteiger partial charge in [-0.15, -0.1) is 5.10 Å². The van der Waals surface area contributed by atoms with Gasteiger partial charge in [0.1, 0.15) is 0 Å². The van der Waals surface area contributed by atoms with Crippen LogP contribution in [0.3, 0.4) is 0 Å². The normalized spacial score (nSPS) is 22.8. The van der Waals surface area contributed by atoms with Crippen molar-refractivity contribution in [2.75, 3.05) is 25.9 Å². The van der Waals surface area contributed by atoms with Crippen molar-refractivity contribution < 1.29 is 8.42 Å². The van der Waals surface area contributed by atoms with Crippen LogP contribution in [-0.2, 0) is 10.0 Å². The molecule has 2 rings (SSSR count). The predicted molar refractivity (Wildman–Crippen MR) is 80.1 cm³/mol. The fraction of sp³-hybridized carbons (Fsp3) is 0.833. The third-order valence-electron chi connectivity index (χ3n) is 3.69. The van der Waals surface area contributed by atoms with E-state index in [0.29, 0.717) is 19.0 Å². The van der Waals surface area contributed by atoms with Crippen LogP contribution in [0.25, 0.3) is 0 Å². The third-order valence-corrected chi connectivity index (χ3v) is 5.74. The first-order chi connectivity index (χ1) is 9.50. The first kappa shape index (κ1) is 15.8. The van der Waals surface area contributed by atoms with Crippen molar-refractivity contribution in [1.29, 1.82) is 0 Å². The highest BCUT2D eigenvalue weighted by molar-refractivity contribution is 7.88. The lowest BCUT2D eigenvalue weighted by molar-refractivity contribution is 0.239. The summed E-state index contributed by atoms with van der Waals surface area (Å²) in [6, 6.07) is 0.226. The molecule has 1 N–H and O–H groups in total. The van der Waals surface area contributed by atoms with E-state index < -0.39 is 10.0 Å². The number of hydrogen-bond acceptors (Lipinski definition) is 6. The van der Waals surface area contributed by atoms with Gasteiger partial charge in [-0.3, -0.25) is 0 Å². The van der Waals surface area contributed by atoms with Crippen LogP contribution < -0.4 is 5.32 Å². The molecule has 0 amide bonds. The van der Waals surface area contributed by atoms with Gasteiger partial charge in [0.05, 0.1) is 17.3 Å². The zero-order valence-electron chi connectivity index (χ0n) is 11.9. The van der Waals surface area contributed by atoms with Crippen LogP contribution in [0.5, 0.6) is 0 Å². The Morgan fingerprint density at radius 2 is 2.40 bits per heavy atom. The minimum Gasteiger partial charge on any atom is -0.309 e. The van der Waals surface area contributed by atoms with Gasteiger partial charge < -0.3 is 5.32 Å². The summed E-state index contributed by atoms with van der Waals surface area (Å²) in [5.41, 5.74) is 0. The molecule has 0 spiro atoms. The molecule has 0 saturated carbocycles. The maximum Gasteiger partial charge on any atom is 0.211 e. The van der Waals surface area contributed by atoms with Crippen LogP contribution in [0.1, 0.15) is 37.1 Å². The summed E-state index contributed by atoms with van der Waals surface area (Å²) in [5.74, 6) is 0.393. The lowest BCUT2D eigenvalue weighted by Crippen LogP contribution is -2.40. The Kier molecular flexibility index (Phi) is 5.48. The summed E-state index contributed by atoms with van der Waals surface area (Å²) < 4.78 is 28.9. The Bertz CT molecular complexity index is 504. The number of hydrogen-bond donors (Lipinski definition) is 1. The standard InChI is InChI=1S/C12H22N4O2S2/c1-3-13-11(12-8-14-15-19-12)7-10-5-4-6-16(9-10)20(2,17)18/h8,10-11,13H,3-7,9H2,1-2H3. The van der Waals surface area contributed by atoms with Gasteiger partial charge in [-0.1, -0.05) is 11.4 Å². The van der Waals surface area contributed by atoms with Crippen LogP contribution in [0, 0.1) is 5.92 Å². The summed E-state index contributed by atoms with van der Waals surface area (Å²) in [6.45, 7) is 4.24. The second-order valence-electron chi connectivity index (χ2n) is 5.30. The van der Waals surface area contributed by atoms with Gasteiger partial charge in [-0.2, -0.15) is 0 Å². The van der Waals surface area contributed by atoms with Crippen molar-refractivity contribution >= 4 is 21.6 Å². The monoisotopic (exact) mass is 318 g/mol. The molecule has 1 saturated heterocycles. The predicted octanol–water partition coefficient (Wildman–Crippen LogP) is 1.25. The third kappa shape index (κ3) is 4.21. The molecule has 0 radical (unpaired) electrons. The maximum atomic E-state index is 11.7. The average Bonchev–Trinajstić information content (AvgIpc) is 2.91. The highest BCUT2D eigenvalue weighted by Crippen LogP contribution is 2.29. The van der Waals surface area contributed by atoms with Crippen LogP contribution in [0.2, 0.25) is 0 Å². The summed E-state index contributed by atoms with van der Waals surface area (Å²) in [7, 11) is -3.07.